The van der Waals surface area contributed by atoms with Crippen molar-refractivity contribution in [2.24, 2.45) is 0 Å². The van der Waals surface area contributed by atoms with Gasteiger partial charge in [0.05, 0.1) is 6.54 Å². The van der Waals surface area contributed by atoms with Crippen LogP contribution >= 0.6 is 11.8 Å². The Hall–Kier alpha value is -3.46. The zero-order valence-corrected chi connectivity index (χ0v) is 17.1. The normalized spacial score (nSPS) is 10.5. The molecular formula is C22H19F2N3O3S. The van der Waals surface area contributed by atoms with Crippen LogP contribution in [0.4, 0.5) is 14.5 Å². The molecule has 0 saturated carbocycles. The van der Waals surface area contributed by atoms with Crippen LogP contribution in [-0.2, 0) is 10.5 Å². The molecular weight excluding hydrogens is 424 g/mol. The quantitative estimate of drug-likeness (QED) is 0.481. The molecule has 3 aromatic rings. The van der Waals surface area contributed by atoms with E-state index >= 15 is 0 Å². The van der Waals surface area contributed by atoms with Gasteiger partial charge in [-0.3, -0.25) is 14.6 Å². The second kappa shape index (κ2) is 11.1. The predicted molar refractivity (Wildman–Crippen MR) is 114 cm³/mol. The van der Waals surface area contributed by atoms with Gasteiger partial charge in [-0.25, -0.2) is 0 Å². The van der Waals surface area contributed by atoms with Crippen molar-refractivity contribution in [1.29, 1.82) is 0 Å². The number of nitrogens with one attached hydrogen (secondary N) is 2. The van der Waals surface area contributed by atoms with Crippen LogP contribution in [0.25, 0.3) is 0 Å². The first kappa shape index (κ1) is 22.2. The highest BCUT2D eigenvalue weighted by Gasteiger charge is 2.11. The van der Waals surface area contributed by atoms with E-state index < -0.39 is 18.4 Å². The number of amides is 2. The number of hydrogen-bond acceptors (Lipinski definition) is 5. The van der Waals surface area contributed by atoms with Crippen molar-refractivity contribution in [1.82, 2.24) is 10.3 Å². The number of ether oxygens (including phenoxy) is 1. The maximum atomic E-state index is 12.3. The molecule has 0 fully saturated rings. The average Bonchev–Trinajstić information content (AvgIpc) is 2.77. The number of thioether (sulfide) groups is 1. The minimum absolute atomic E-state index is 0.112. The fraction of sp³-hybridized carbons (Fsp3) is 0.136. The Morgan fingerprint density at radius 1 is 1.06 bits per heavy atom. The van der Waals surface area contributed by atoms with Crippen LogP contribution in [0, 0.1) is 0 Å². The van der Waals surface area contributed by atoms with Gasteiger partial charge in [0.25, 0.3) is 5.91 Å². The zero-order valence-electron chi connectivity index (χ0n) is 16.3. The Balaban J connectivity index is 1.45. The highest BCUT2D eigenvalue weighted by Crippen LogP contribution is 2.24. The second-order valence-corrected chi connectivity index (χ2v) is 7.36. The number of carbonyl (C=O) groups excluding carboxylic acids is 2. The van der Waals surface area contributed by atoms with Gasteiger partial charge in [-0.05, 0) is 54.1 Å². The Morgan fingerprint density at radius 3 is 2.58 bits per heavy atom. The number of aromatic nitrogens is 1. The number of hydrogen-bond donors (Lipinski definition) is 2. The summed E-state index contributed by atoms with van der Waals surface area (Å²) in [6.45, 7) is -3.25. The van der Waals surface area contributed by atoms with Crippen molar-refractivity contribution in [2.75, 3.05) is 11.9 Å². The summed E-state index contributed by atoms with van der Waals surface area (Å²) in [5.74, 6) is -0.329. The highest BCUT2D eigenvalue weighted by molar-refractivity contribution is 7.98. The zero-order chi connectivity index (χ0) is 22.1. The Kier molecular flexibility index (Phi) is 7.94. The van der Waals surface area contributed by atoms with E-state index in [-0.39, 0.29) is 17.9 Å². The molecule has 0 unspecified atom stereocenters. The molecule has 9 heteroatoms. The molecule has 0 radical (unpaired) electrons. The van der Waals surface area contributed by atoms with Crippen LogP contribution in [0.3, 0.4) is 0 Å². The van der Waals surface area contributed by atoms with Crippen LogP contribution in [0.1, 0.15) is 15.9 Å². The topological polar surface area (TPSA) is 80.3 Å². The molecule has 0 aliphatic rings. The van der Waals surface area contributed by atoms with Gasteiger partial charge in [0.2, 0.25) is 5.91 Å². The summed E-state index contributed by atoms with van der Waals surface area (Å²) >= 11 is 1.65. The van der Waals surface area contributed by atoms with Crippen LogP contribution in [0.2, 0.25) is 0 Å². The van der Waals surface area contributed by atoms with E-state index in [4.69, 9.17) is 0 Å². The summed E-state index contributed by atoms with van der Waals surface area (Å²) in [4.78, 5) is 29.4. The number of nitrogens with zero attached hydrogens (tertiary/aromatic N) is 1. The van der Waals surface area contributed by atoms with Gasteiger partial charge >= 0.3 is 6.61 Å². The molecule has 0 aliphatic heterocycles. The van der Waals surface area contributed by atoms with Crippen molar-refractivity contribution in [3.05, 3.63) is 84.2 Å². The lowest BCUT2D eigenvalue weighted by molar-refractivity contribution is -0.115. The Bertz CT molecular complexity index is 1020. The Labute approximate surface area is 182 Å². The second-order valence-electron chi connectivity index (χ2n) is 6.31. The van der Waals surface area contributed by atoms with Crippen LogP contribution in [-0.4, -0.2) is 30.0 Å². The van der Waals surface area contributed by atoms with Crippen LogP contribution in [0.5, 0.6) is 5.75 Å². The third kappa shape index (κ3) is 7.38. The van der Waals surface area contributed by atoms with Gasteiger partial charge in [-0.2, -0.15) is 8.78 Å². The van der Waals surface area contributed by atoms with Crippen molar-refractivity contribution in [3.63, 3.8) is 0 Å². The summed E-state index contributed by atoms with van der Waals surface area (Å²) in [5, 5.41) is 5.14. The molecule has 2 N–H and O–H groups in total. The lowest BCUT2D eigenvalue weighted by Crippen LogP contribution is -2.32. The number of carbonyl (C=O) groups is 2. The predicted octanol–water partition coefficient (Wildman–Crippen LogP) is 4.34. The molecule has 31 heavy (non-hydrogen) atoms. The fourth-order valence-corrected chi connectivity index (χ4v) is 3.40. The van der Waals surface area contributed by atoms with Crippen LogP contribution < -0.4 is 15.4 Å². The number of halogens is 2. The summed E-state index contributed by atoms with van der Waals surface area (Å²) in [6.07, 6.45) is 3.55. The molecule has 6 nitrogen and oxygen atoms in total. The first-order valence-electron chi connectivity index (χ1n) is 9.24. The van der Waals surface area contributed by atoms with E-state index in [0.29, 0.717) is 5.69 Å². The van der Waals surface area contributed by atoms with Crippen molar-refractivity contribution >= 4 is 29.3 Å². The first-order chi connectivity index (χ1) is 15.0. The van der Waals surface area contributed by atoms with Crippen molar-refractivity contribution in [2.45, 2.75) is 17.3 Å². The molecule has 0 aliphatic carbocycles. The molecule has 2 amide bonds. The SMILES string of the molecule is O=C(CNC(=O)c1cccc(OC(F)F)c1)Nc1ccc(SCc2cccnc2)cc1. The molecule has 0 spiro atoms. The molecule has 2 aromatic carbocycles. The average molecular weight is 443 g/mol. The monoisotopic (exact) mass is 443 g/mol. The van der Waals surface area contributed by atoms with E-state index in [1.807, 2.05) is 30.5 Å². The first-order valence-corrected chi connectivity index (χ1v) is 10.2. The molecule has 0 bridgehead atoms. The molecule has 0 atom stereocenters. The third-order valence-electron chi connectivity index (χ3n) is 4.00. The summed E-state index contributed by atoms with van der Waals surface area (Å²) in [7, 11) is 0. The van der Waals surface area contributed by atoms with Gasteiger partial charge < -0.3 is 15.4 Å². The third-order valence-corrected chi connectivity index (χ3v) is 5.08. The maximum Gasteiger partial charge on any atom is 0.387 e. The molecule has 160 valence electrons. The van der Waals surface area contributed by atoms with E-state index in [1.54, 1.807) is 30.1 Å². The van der Waals surface area contributed by atoms with E-state index in [2.05, 4.69) is 20.4 Å². The molecule has 0 saturated heterocycles. The number of anilines is 1. The summed E-state index contributed by atoms with van der Waals surface area (Å²) in [6, 6.07) is 16.6. The number of rotatable bonds is 9. The lowest BCUT2D eigenvalue weighted by Gasteiger charge is -2.09. The molecule has 1 heterocycles. The minimum Gasteiger partial charge on any atom is -0.435 e. The number of pyridine rings is 1. The summed E-state index contributed by atoms with van der Waals surface area (Å²) < 4.78 is 28.8. The van der Waals surface area contributed by atoms with Crippen molar-refractivity contribution < 1.29 is 23.1 Å². The van der Waals surface area contributed by atoms with E-state index in [9.17, 15) is 18.4 Å². The standard InChI is InChI=1S/C22H19F2N3O3S/c23-22(24)30-18-5-1-4-16(11-18)21(29)26-13-20(28)27-17-6-8-19(9-7-17)31-14-15-3-2-10-25-12-15/h1-12,22H,13-14H2,(H,26,29)(H,27,28). The molecule has 3 rings (SSSR count). The lowest BCUT2D eigenvalue weighted by atomic mass is 10.2. The molecule has 1 aromatic heterocycles. The van der Waals surface area contributed by atoms with Crippen LogP contribution in [0.15, 0.2) is 78.0 Å². The largest absolute Gasteiger partial charge is 0.435 e. The minimum atomic E-state index is -2.98. The van der Waals surface area contributed by atoms with E-state index in [1.165, 1.54) is 24.3 Å². The summed E-state index contributed by atoms with van der Waals surface area (Å²) in [5.41, 5.74) is 1.82. The van der Waals surface area contributed by atoms with Gasteiger partial charge in [0.15, 0.2) is 0 Å². The van der Waals surface area contributed by atoms with Gasteiger partial charge in [-0.1, -0.05) is 12.1 Å². The number of benzene rings is 2. The maximum absolute atomic E-state index is 12.3. The Morgan fingerprint density at radius 2 is 1.87 bits per heavy atom. The number of alkyl halides is 2. The van der Waals surface area contributed by atoms with Crippen molar-refractivity contribution in [3.8, 4) is 5.75 Å². The van der Waals surface area contributed by atoms with Gasteiger partial charge in [-0.15, -0.1) is 11.8 Å². The smallest absolute Gasteiger partial charge is 0.387 e. The highest BCUT2D eigenvalue weighted by atomic mass is 32.2. The fourth-order valence-electron chi connectivity index (χ4n) is 2.57. The van der Waals surface area contributed by atoms with Gasteiger partial charge in [0.1, 0.15) is 5.75 Å². The van der Waals surface area contributed by atoms with Gasteiger partial charge in [0, 0.05) is 34.3 Å². The van der Waals surface area contributed by atoms with E-state index in [0.717, 1.165) is 16.2 Å².